The Labute approximate surface area is 167 Å². The fraction of sp³-hybridized carbons (Fsp3) is 0.381. The summed E-state index contributed by atoms with van der Waals surface area (Å²) in [5.74, 6) is -0.0469. The van der Waals surface area contributed by atoms with Gasteiger partial charge >= 0.3 is 0 Å². The molecule has 0 aromatic heterocycles. The topological polar surface area (TPSA) is 75.7 Å². The first kappa shape index (κ1) is 21.9. The first-order chi connectivity index (χ1) is 13.4. The lowest BCUT2D eigenvalue weighted by Crippen LogP contribution is -2.42. The first-order valence-corrected chi connectivity index (χ1v) is 10.8. The van der Waals surface area contributed by atoms with Crippen molar-refractivity contribution in [3.8, 4) is 5.75 Å². The number of amides is 1. The van der Waals surface area contributed by atoms with E-state index >= 15 is 0 Å². The third-order valence-electron chi connectivity index (χ3n) is 4.32. The lowest BCUT2D eigenvalue weighted by atomic mass is 10.1. The molecular formula is C21H28N2O4S. The number of nitrogens with one attached hydrogen (secondary N) is 1. The first-order valence-electron chi connectivity index (χ1n) is 9.34. The van der Waals surface area contributed by atoms with Crippen molar-refractivity contribution >= 4 is 15.9 Å². The van der Waals surface area contributed by atoms with Crippen LogP contribution in [0.15, 0.2) is 53.4 Å². The van der Waals surface area contributed by atoms with Crippen LogP contribution in [0.1, 0.15) is 24.5 Å². The Morgan fingerprint density at radius 1 is 1.14 bits per heavy atom. The van der Waals surface area contributed by atoms with Crippen molar-refractivity contribution in [3.63, 3.8) is 0 Å². The van der Waals surface area contributed by atoms with Crippen LogP contribution >= 0.6 is 0 Å². The number of rotatable bonds is 10. The summed E-state index contributed by atoms with van der Waals surface area (Å²) >= 11 is 0. The Bertz CT molecular complexity index is 883. The summed E-state index contributed by atoms with van der Waals surface area (Å²) in [7, 11) is -2.47. The Morgan fingerprint density at radius 2 is 1.86 bits per heavy atom. The second-order valence-corrected chi connectivity index (χ2v) is 8.48. The molecule has 2 rings (SSSR count). The molecule has 0 bridgehead atoms. The van der Waals surface area contributed by atoms with E-state index in [-0.39, 0.29) is 29.6 Å². The highest BCUT2D eigenvalue weighted by molar-refractivity contribution is 7.89. The minimum absolute atomic E-state index is 0.0753. The van der Waals surface area contributed by atoms with Crippen molar-refractivity contribution in [1.82, 2.24) is 9.62 Å². The van der Waals surface area contributed by atoms with Crippen molar-refractivity contribution in [2.24, 2.45) is 0 Å². The number of benzene rings is 2. The molecule has 7 heteroatoms. The zero-order chi connectivity index (χ0) is 20.6. The lowest BCUT2D eigenvalue weighted by Gasteiger charge is -2.23. The van der Waals surface area contributed by atoms with Gasteiger partial charge in [-0.05, 0) is 43.0 Å². The maximum Gasteiger partial charge on any atom is 0.247 e. The number of hydrogen-bond acceptors (Lipinski definition) is 4. The van der Waals surface area contributed by atoms with Gasteiger partial charge in [-0.15, -0.1) is 0 Å². The zero-order valence-electron chi connectivity index (χ0n) is 16.6. The number of nitrogens with zero attached hydrogens (tertiary/aromatic N) is 1. The van der Waals surface area contributed by atoms with E-state index in [0.29, 0.717) is 13.0 Å². The molecule has 0 heterocycles. The van der Waals surface area contributed by atoms with Gasteiger partial charge in [0.25, 0.3) is 0 Å². The molecule has 0 saturated carbocycles. The molecule has 1 N–H and O–H groups in total. The van der Waals surface area contributed by atoms with Gasteiger partial charge in [0.15, 0.2) is 0 Å². The van der Waals surface area contributed by atoms with Gasteiger partial charge in [-0.3, -0.25) is 4.79 Å². The number of aryl methyl sites for hydroxylation is 1. The van der Waals surface area contributed by atoms with Crippen LogP contribution in [0.25, 0.3) is 0 Å². The van der Waals surface area contributed by atoms with Gasteiger partial charge < -0.3 is 10.1 Å². The fourth-order valence-corrected chi connectivity index (χ4v) is 4.43. The van der Waals surface area contributed by atoms with Gasteiger partial charge in [0, 0.05) is 13.1 Å². The Kier molecular flexibility index (Phi) is 8.02. The minimum atomic E-state index is -3.91. The average molecular weight is 405 g/mol. The molecule has 0 fully saturated rings. The molecule has 0 unspecified atom stereocenters. The number of hydrogen-bond donors (Lipinski definition) is 1. The van der Waals surface area contributed by atoms with E-state index in [9.17, 15) is 13.2 Å². The standard InChI is InChI=1S/C21H28N2O4S/c1-4-13-22-21(24)16-23(14-12-18-8-6-5-7-9-18)28(25,26)20-15-17(2)10-11-19(20)27-3/h5-11,15H,4,12-14,16H2,1-3H3,(H,22,24). The molecule has 152 valence electrons. The summed E-state index contributed by atoms with van der Waals surface area (Å²) in [5, 5.41) is 2.75. The van der Waals surface area contributed by atoms with Gasteiger partial charge in [-0.25, -0.2) is 8.42 Å². The van der Waals surface area contributed by atoms with Crippen LogP contribution < -0.4 is 10.1 Å². The Balaban J connectivity index is 2.32. The molecule has 6 nitrogen and oxygen atoms in total. The smallest absolute Gasteiger partial charge is 0.247 e. The largest absolute Gasteiger partial charge is 0.495 e. The molecule has 28 heavy (non-hydrogen) atoms. The lowest BCUT2D eigenvalue weighted by molar-refractivity contribution is -0.121. The van der Waals surface area contributed by atoms with Crippen LogP contribution in [-0.2, 0) is 21.2 Å². The monoisotopic (exact) mass is 404 g/mol. The predicted octanol–water partition coefficient (Wildman–Crippen LogP) is 2.76. The maximum absolute atomic E-state index is 13.4. The van der Waals surface area contributed by atoms with Crippen LogP contribution in [0.2, 0.25) is 0 Å². The zero-order valence-corrected chi connectivity index (χ0v) is 17.5. The van der Waals surface area contributed by atoms with Crippen LogP contribution in [0.5, 0.6) is 5.75 Å². The van der Waals surface area contributed by atoms with Crippen molar-refractivity contribution in [2.75, 3.05) is 26.7 Å². The summed E-state index contributed by atoms with van der Waals surface area (Å²) in [6.45, 7) is 4.25. The van der Waals surface area contributed by atoms with E-state index in [1.54, 1.807) is 18.2 Å². The van der Waals surface area contributed by atoms with Crippen molar-refractivity contribution in [2.45, 2.75) is 31.6 Å². The van der Waals surface area contributed by atoms with E-state index in [0.717, 1.165) is 17.5 Å². The number of methoxy groups -OCH3 is 1. The Morgan fingerprint density at radius 3 is 2.50 bits per heavy atom. The molecule has 0 saturated heterocycles. The molecule has 2 aromatic carbocycles. The fourth-order valence-electron chi connectivity index (χ4n) is 2.79. The van der Waals surface area contributed by atoms with Crippen LogP contribution in [-0.4, -0.2) is 45.4 Å². The minimum Gasteiger partial charge on any atom is -0.495 e. The Hall–Kier alpha value is -2.38. The number of sulfonamides is 1. The number of carbonyl (C=O) groups excluding carboxylic acids is 1. The second-order valence-electron chi connectivity index (χ2n) is 6.58. The summed E-state index contributed by atoms with van der Waals surface area (Å²) in [6, 6.07) is 14.6. The van der Waals surface area contributed by atoms with E-state index in [4.69, 9.17) is 4.74 Å². The molecule has 0 aliphatic heterocycles. The summed E-state index contributed by atoms with van der Waals surface area (Å²) in [6.07, 6.45) is 1.30. The van der Waals surface area contributed by atoms with E-state index in [1.165, 1.54) is 11.4 Å². The summed E-state index contributed by atoms with van der Waals surface area (Å²) < 4.78 is 33.2. The van der Waals surface area contributed by atoms with Gasteiger partial charge in [0.05, 0.1) is 13.7 Å². The molecule has 0 radical (unpaired) electrons. The average Bonchev–Trinajstić information content (AvgIpc) is 2.70. The van der Waals surface area contributed by atoms with E-state index < -0.39 is 10.0 Å². The van der Waals surface area contributed by atoms with Gasteiger partial charge in [0.2, 0.25) is 15.9 Å². The summed E-state index contributed by atoms with van der Waals surface area (Å²) in [5.41, 5.74) is 1.81. The molecular weight excluding hydrogens is 376 g/mol. The molecule has 0 spiro atoms. The third kappa shape index (κ3) is 5.81. The highest BCUT2D eigenvalue weighted by Gasteiger charge is 2.29. The third-order valence-corrected chi connectivity index (χ3v) is 6.19. The quantitative estimate of drug-likeness (QED) is 0.661. The molecule has 0 aliphatic carbocycles. The van der Waals surface area contributed by atoms with Crippen molar-refractivity contribution in [1.29, 1.82) is 0 Å². The van der Waals surface area contributed by atoms with Crippen LogP contribution in [0, 0.1) is 6.92 Å². The maximum atomic E-state index is 13.4. The van der Waals surface area contributed by atoms with E-state index in [1.807, 2.05) is 44.2 Å². The van der Waals surface area contributed by atoms with Crippen molar-refractivity contribution in [3.05, 3.63) is 59.7 Å². The number of ether oxygens (including phenoxy) is 1. The SMILES string of the molecule is CCCNC(=O)CN(CCc1ccccc1)S(=O)(=O)c1cc(C)ccc1OC. The molecule has 2 aromatic rings. The van der Waals surface area contributed by atoms with Gasteiger partial charge in [-0.2, -0.15) is 4.31 Å². The van der Waals surface area contributed by atoms with Gasteiger partial charge in [-0.1, -0.05) is 43.3 Å². The predicted molar refractivity (Wildman–Crippen MR) is 110 cm³/mol. The highest BCUT2D eigenvalue weighted by Crippen LogP contribution is 2.28. The van der Waals surface area contributed by atoms with Crippen LogP contribution in [0.4, 0.5) is 0 Å². The van der Waals surface area contributed by atoms with Gasteiger partial charge in [0.1, 0.15) is 10.6 Å². The summed E-state index contributed by atoms with van der Waals surface area (Å²) in [4.78, 5) is 12.3. The normalized spacial score (nSPS) is 11.4. The van der Waals surface area contributed by atoms with Crippen LogP contribution in [0.3, 0.4) is 0 Å². The van der Waals surface area contributed by atoms with E-state index in [2.05, 4.69) is 5.32 Å². The molecule has 0 atom stereocenters. The number of carbonyl (C=O) groups is 1. The second kappa shape index (κ2) is 10.2. The molecule has 1 amide bonds. The highest BCUT2D eigenvalue weighted by atomic mass is 32.2. The van der Waals surface area contributed by atoms with Crippen molar-refractivity contribution < 1.29 is 17.9 Å². The molecule has 0 aliphatic rings.